The quantitative estimate of drug-likeness (QED) is 0.297. The Morgan fingerprint density at radius 3 is 2.42 bits per heavy atom. The van der Waals surface area contributed by atoms with Crippen LogP contribution >= 0.6 is 0 Å². The van der Waals surface area contributed by atoms with Gasteiger partial charge < -0.3 is 9.84 Å². The van der Waals surface area contributed by atoms with Gasteiger partial charge in [0.25, 0.3) is 0 Å². The highest BCUT2D eigenvalue weighted by Gasteiger charge is 2.32. The maximum Gasteiger partial charge on any atom is 0.416 e. The van der Waals surface area contributed by atoms with Gasteiger partial charge in [0.05, 0.1) is 16.9 Å². The van der Waals surface area contributed by atoms with Gasteiger partial charge in [-0.2, -0.15) is 13.2 Å². The van der Waals surface area contributed by atoms with Gasteiger partial charge in [-0.3, -0.25) is 4.72 Å². The predicted molar refractivity (Wildman–Crippen MR) is 134 cm³/mol. The number of nitrogens with one attached hydrogen (secondary N) is 1. The van der Waals surface area contributed by atoms with Crippen molar-refractivity contribution in [2.75, 3.05) is 10.5 Å². The molecule has 0 spiro atoms. The number of halogens is 4. The minimum absolute atomic E-state index is 0.0268. The van der Waals surface area contributed by atoms with Gasteiger partial charge in [-0.25, -0.2) is 17.6 Å². The van der Waals surface area contributed by atoms with Crippen molar-refractivity contribution in [3.63, 3.8) is 0 Å². The third-order valence-corrected chi connectivity index (χ3v) is 7.29. The van der Waals surface area contributed by atoms with Crippen LogP contribution in [-0.2, 0) is 22.8 Å². The zero-order valence-electron chi connectivity index (χ0n) is 19.9. The van der Waals surface area contributed by atoms with E-state index in [0.717, 1.165) is 12.1 Å². The molecule has 0 fully saturated rings. The summed E-state index contributed by atoms with van der Waals surface area (Å²) in [5.41, 5.74) is 0.718. The van der Waals surface area contributed by atoms with E-state index in [0.29, 0.717) is 36.0 Å². The van der Waals surface area contributed by atoms with Crippen LogP contribution in [0.2, 0.25) is 0 Å². The zero-order valence-corrected chi connectivity index (χ0v) is 20.7. The topological polar surface area (TPSA) is 92.7 Å². The van der Waals surface area contributed by atoms with E-state index in [9.17, 15) is 30.8 Å². The molecular weight excluding hydrogens is 526 g/mol. The second-order valence-electron chi connectivity index (χ2n) is 8.81. The van der Waals surface area contributed by atoms with Crippen LogP contribution in [0.3, 0.4) is 0 Å². The molecule has 1 aliphatic rings. The fourth-order valence-electron chi connectivity index (χ4n) is 4.26. The molecule has 0 aliphatic heterocycles. The van der Waals surface area contributed by atoms with Crippen molar-refractivity contribution in [2.45, 2.75) is 32.0 Å². The standard InChI is InChI=1S/C27H23F4NO5S/c28-21-10-7-17(8-11-21)15-37-25-12-9-20(27(29,30)31)14-24(25)23-6-2-4-19(23)16-38(35,36)32-22-5-1-3-18(13-22)26(33)34/h1,3,5,7-14,32H,2,4,6,15-16H2,(H,33,34). The van der Waals surface area contributed by atoms with Gasteiger partial charge in [0.2, 0.25) is 10.0 Å². The summed E-state index contributed by atoms with van der Waals surface area (Å²) < 4.78 is 87.8. The van der Waals surface area contributed by atoms with Crippen LogP contribution in [0.25, 0.3) is 5.57 Å². The number of carbonyl (C=O) groups is 1. The molecule has 1 aliphatic carbocycles. The molecular formula is C27H23F4NO5S. The number of aromatic carboxylic acids is 1. The first-order valence-corrected chi connectivity index (χ1v) is 13.2. The number of anilines is 1. The average molecular weight is 550 g/mol. The van der Waals surface area contributed by atoms with Crippen LogP contribution in [0.4, 0.5) is 23.2 Å². The van der Waals surface area contributed by atoms with E-state index in [-0.39, 0.29) is 29.2 Å². The first-order chi connectivity index (χ1) is 17.9. The highest BCUT2D eigenvalue weighted by atomic mass is 32.2. The number of carboxylic acids is 1. The van der Waals surface area contributed by atoms with Crippen LogP contribution in [-0.4, -0.2) is 25.2 Å². The Labute approximate surface area is 216 Å². The summed E-state index contributed by atoms with van der Waals surface area (Å²) >= 11 is 0. The van der Waals surface area contributed by atoms with Crippen molar-refractivity contribution < 1.29 is 40.6 Å². The Morgan fingerprint density at radius 2 is 1.74 bits per heavy atom. The Bertz CT molecular complexity index is 1480. The van der Waals surface area contributed by atoms with Crippen molar-refractivity contribution >= 4 is 27.3 Å². The molecule has 0 amide bonds. The van der Waals surface area contributed by atoms with Gasteiger partial charge in [0.1, 0.15) is 18.2 Å². The first kappa shape index (κ1) is 27.2. The molecule has 0 unspecified atom stereocenters. The fourth-order valence-corrected chi connectivity index (χ4v) is 5.60. The van der Waals surface area contributed by atoms with E-state index in [1.165, 1.54) is 54.6 Å². The fraction of sp³-hybridized carbons (Fsp3) is 0.222. The van der Waals surface area contributed by atoms with Crippen LogP contribution in [0.5, 0.6) is 5.75 Å². The number of hydrogen-bond donors (Lipinski definition) is 2. The molecule has 3 aromatic rings. The summed E-state index contributed by atoms with van der Waals surface area (Å²) in [6, 6.07) is 13.8. The van der Waals surface area contributed by atoms with E-state index in [2.05, 4.69) is 4.72 Å². The molecule has 38 heavy (non-hydrogen) atoms. The molecule has 0 radical (unpaired) electrons. The van der Waals surface area contributed by atoms with E-state index in [1.54, 1.807) is 0 Å². The summed E-state index contributed by atoms with van der Waals surface area (Å²) in [7, 11) is -4.01. The van der Waals surface area contributed by atoms with Gasteiger partial charge in [0, 0.05) is 11.3 Å². The van der Waals surface area contributed by atoms with Gasteiger partial charge >= 0.3 is 12.1 Å². The van der Waals surface area contributed by atoms with Gasteiger partial charge in [0.15, 0.2) is 0 Å². The maximum atomic E-state index is 13.5. The van der Waals surface area contributed by atoms with Crippen LogP contribution in [0, 0.1) is 5.82 Å². The molecule has 11 heteroatoms. The van der Waals surface area contributed by atoms with Crippen molar-refractivity contribution in [3.8, 4) is 5.75 Å². The zero-order chi connectivity index (χ0) is 27.5. The minimum atomic E-state index is -4.62. The number of sulfonamides is 1. The molecule has 3 aromatic carbocycles. The summed E-state index contributed by atoms with van der Waals surface area (Å²) in [4.78, 5) is 11.2. The smallest absolute Gasteiger partial charge is 0.416 e. The van der Waals surface area contributed by atoms with Crippen LogP contribution in [0.15, 0.2) is 72.3 Å². The van der Waals surface area contributed by atoms with Crippen LogP contribution in [0.1, 0.15) is 46.3 Å². The first-order valence-electron chi connectivity index (χ1n) is 11.5. The molecule has 0 atom stereocenters. The van der Waals surface area contributed by atoms with E-state index < -0.39 is 39.3 Å². The summed E-state index contributed by atoms with van der Waals surface area (Å²) in [5, 5.41) is 9.14. The minimum Gasteiger partial charge on any atom is -0.488 e. The molecule has 4 rings (SSSR count). The highest BCUT2D eigenvalue weighted by molar-refractivity contribution is 7.92. The Balaban J connectivity index is 1.65. The number of hydrogen-bond acceptors (Lipinski definition) is 4. The largest absolute Gasteiger partial charge is 0.488 e. The molecule has 0 heterocycles. The maximum absolute atomic E-state index is 13.5. The van der Waals surface area contributed by atoms with Gasteiger partial charge in [-0.15, -0.1) is 0 Å². The summed E-state index contributed by atoms with van der Waals surface area (Å²) in [6.45, 7) is -0.0268. The second-order valence-corrected chi connectivity index (χ2v) is 10.5. The van der Waals surface area contributed by atoms with Crippen molar-refractivity contribution in [1.82, 2.24) is 0 Å². The van der Waals surface area contributed by atoms with E-state index >= 15 is 0 Å². The lowest BCUT2D eigenvalue weighted by atomic mass is 9.99. The Hall–Kier alpha value is -3.86. The Kier molecular flexibility index (Phi) is 7.77. The highest BCUT2D eigenvalue weighted by Crippen LogP contribution is 2.42. The van der Waals surface area contributed by atoms with Crippen molar-refractivity contribution in [2.24, 2.45) is 0 Å². The second kappa shape index (κ2) is 10.9. The van der Waals surface area contributed by atoms with Gasteiger partial charge in [-0.05, 0) is 84.5 Å². The molecule has 6 nitrogen and oxygen atoms in total. The number of ether oxygens (including phenoxy) is 1. The normalized spacial score (nSPS) is 14.0. The molecule has 200 valence electrons. The molecule has 0 bridgehead atoms. The van der Waals surface area contributed by atoms with Crippen molar-refractivity contribution in [3.05, 3.63) is 100 Å². The third kappa shape index (κ3) is 6.71. The molecule has 2 N–H and O–H groups in total. The number of rotatable bonds is 9. The number of alkyl halides is 3. The van der Waals surface area contributed by atoms with Crippen LogP contribution < -0.4 is 9.46 Å². The van der Waals surface area contributed by atoms with E-state index in [1.807, 2.05) is 0 Å². The van der Waals surface area contributed by atoms with E-state index in [4.69, 9.17) is 9.84 Å². The van der Waals surface area contributed by atoms with Crippen molar-refractivity contribution in [1.29, 1.82) is 0 Å². The lowest BCUT2D eigenvalue weighted by Gasteiger charge is -2.17. The third-order valence-electron chi connectivity index (χ3n) is 6.02. The molecule has 0 aromatic heterocycles. The van der Waals surface area contributed by atoms with Gasteiger partial charge in [-0.1, -0.05) is 18.2 Å². The lowest BCUT2D eigenvalue weighted by Crippen LogP contribution is -2.18. The Morgan fingerprint density at radius 1 is 1.00 bits per heavy atom. The SMILES string of the molecule is O=C(O)c1cccc(NS(=O)(=O)CC2=C(c3cc(C(F)(F)F)ccc3OCc3ccc(F)cc3)CCC2)c1. The average Bonchev–Trinajstić information content (AvgIpc) is 3.30. The summed E-state index contributed by atoms with van der Waals surface area (Å²) in [5.74, 6) is -1.98. The number of allylic oxidation sites excluding steroid dienone is 1. The number of benzene rings is 3. The monoisotopic (exact) mass is 549 g/mol. The predicted octanol–water partition coefficient (Wildman–Crippen LogP) is 6.50. The lowest BCUT2D eigenvalue weighted by molar-refractivity contribution is -0.137. The molecule has 0 saturated heterocycles. The number of carboxylic acid groups (broad SMARTS) is 1. The molecule has 0 saturated carbocycles. The summed E-state index contributed by atoms with van der Waals surface area (Å²) in [6.07, 6.45) is -3.36.